The number of esters is 1. The highest BCUT2D eigenvalue weighted by Crippen LogP contribution is 2.19. The summed E-state index contributed by atoms with van der Waals surface area (Å²) in [5.74, 6) is -0.704. The van der Waals surface area contributed by atoms with Crippen LogP contribution in [0.25, 0.3) is 0 Å². The van der Waals surface area contributed by atoms with Crippen molar-refractivity contribution in [2.24, 2.45) is 0 Å². The third kappa shape index (κ3) is 1.96. The molecule has 0 saturated carbocycles. The Balaban J connectivity index is 3.01. The van der Waals surface area contributed by atoms with E-state index in [0.29, 0.717) is 5.56 Å². The molecule has 0 atom stereocenters. The molecule has 4 heteroatoms. The quantitative estimate of drug-likeness (QED) is 0.698. The van der Waals surface area contributed by atoms with Crippen LogP contribution in [0, 0.1) is 6.92 Å². The van der Waals surface area contributed by atoms with Crippen molar-refractivity contribution in [2.45, 2.75) is 13.8 Å². The number of rotatable bonds is 2. The molecule has 4 nitrogen and oxygen atoms in total. The average molecular weight is 181 g/mol. The molecule has 0 spiro atoms. The van der Waals surface area contributed by atoms with Crippen molar-refractivity contribution in [3.63, 3.8) is 0 Å². The standard InChI is InChI=1S/C9H11NO3/c1-3-13-9(12)7-8(11)6(2)4-5-10-7/h4-5,11H,3H2,1-2H3. The Hall–Kier alpha value is -1.58. The van der Waals surface area contributed by atoms with Gasteiger partial charge in [-0.3, -0.25) is 0 Å². The number of aromatic hydroxyl groups is 1. The number of carbonyl (C=O) groups excluding carboxylic acids is 1. The Labute approximate surface area is 76.2 Å². The number of nitrogens with zero attached hydrogens (tertiary/aromatic N) is 1. The van der Waals surface area contributed by atoms with E-state index in [-0.39, 0.29) is 18.1 Å². The van der Waals surface area contributed by atoms with Gasteiger partial charge in [-0.25, -0.2) is 9.78 Å². The minimum absolute atomic E-state index is 0.0261. The summed E-state index contributed by atoms with van der Waals surface area (Å²) in [6, 6.07) is 1.62. The molecule has 1 heterocycles. The van der Waals surface area contributed by atoms with Gasteiger partial charge >= 0.3 is 5.97 Å². The van der Waals surface area contributed by atoms with Crippen molar-refractivity contribution in [1.82, 2.24) is 4.98 Å². The summed E-state index contributed by atoms with van der Waals surface area (Å²) in [5.41, 5.74) is 0.583. The van der Waals surface area contributed by atoms with Gasteiger partial charge < -0.3 is 9.84 Å². The maximum absolute atomic E-state index is 11.2. The molecule has 0 aromatic carbocycles. The first-order valence-corrected chi connectivity index (χ1v) is 3.98. The van der Waals surface area contributed by atoms with Crippen LogP contribution in [0.4, 0.5) is 0 Å². The lowest BCUT2D eigenvalue weighted by Gasteiger charge is -2.04. The van der Waals surface area contributed by atoms with Gasteiger partial charge in [0.2, 0.25) is 0 Å². The first-order valence-electron chi connectivity index (χ1n) is 3.98. The zero-order chi connectivity index (χ0) is 9.84. The fourth-order valence-electron chi connectivity index (χ4n) is 0.899. The third-order valence-electron chi connectivity index (χ3n) is 1.59. The Bertz CT molecular complexity index is 323. The van der Waals surface area contributed by atoms with Crippen molar-refractivity contribution in [1.29, 1.82) is 0 Å². The van der Waals surface area contributed by atoms with Crippen LogP contribution in [-0.2, 0) is 4.74 Å². The van der Waals surface area contributed by atoms with E-state index < -0.39 is 5.97 Å². The van der Waals surface area contributed by atoms with E-state index in [1.165, 1.54) is 6.20 Å². The van der Waals surface area contributed by atoms with Gasteiger partial charge in [0.15, 0.2) is 11.4 Å². The molecule has 1 rings (SSSR count). The number of aryl methyl sites for hydroxylation is 1. The summed E-state index contributed by atoms with van der Waals surface area (Å²) >= 11 is 0. The van der Waals surface area contributed by atoms with Crippen LogP contribution >= 0.6 is 0 Å². The van der Waals surface area contributed by atoms with Crippen LogP contribution in [0.3, 0.4) is 0 Å². The van der Waals surface area contributed by atoms with Gasteiger partial charge in [-0.2, -0.15) is 0 Å². The number of carbonyl (C=O) groups is 1. The van der Waals surface area contributed by atoms with Gasteiger partial charge in [-0.1, -0.05) is 0 Å². The van der Waals surface area contributed by atoms with Crippen molar-refractivity contribution in [2.75, 3.05) is 6.61 Å². The molecule has 0 unspecified atom stereocenters. The molecule has 70 valence electrons. The molecule has 0 amide bonds. The second-order valence-corrected chi connectivity index (χ2v) is 2.55. The Morgan fingerprint density at radius 3 is 3.00 bits per heavy atom. The second-order valence-electron chi connectivity index (χ2n) is 2.55. The molecule has 0 radical (unpaired) electrons. The van der Waals surface area contributed by atoms with Gasteiger partial charge in [-0.15, -0.1) is 0 Å². The van der Waals surface area contributed by atoms with Gasteiger partial charge in [-0.05, 0) is 25.5 Å². The molecule has 1 N–H and O–H groups in total. The maximum Gasteiger partial charge on any atom is 0.360 e. The fourth-order valence-corrected chi connectivity index (χ4v) is 0.899. The smallest absolute Gasteiger partial charge is 0.360 e. The van der Waals surface area contributed by atoms with E-state index in [0.717, 1.165) is 0 Å². The Morgan fingerprint density at radius 1 is 1.69 bits per heavy atom. The lowest BCUT2D eigenvalue weighted by molar-refractivity contribution is 0.0515. The summed E-state index contributed by atoms with van der Waals surface area (Å²) < 4.78 is 4.70. The van der Waals surface area contributed by atoms with E-state index in [1.54, 1.807) is 19.9 Å². The topological polar surface area (TPSA) is 59.4 Å². The largest absolute Gasteiger partial charge is 0.505 e. The molecule has 0 aliphatic heterocycles. The van der Waals surface area contributed by atoms with Crippen LogP contribution in [0.1, 0.15) is 23.0 Å². The van der Waals surface area contributed by atoms with Crippen LogP contribution in [0.2, 0.25) is 0 Å². The van der Waals surface area contributed by atoms with Crippen LogP contribution in [-0.4, -0.2) is 22.7 Å². The fraction of sp³-hybridized carbons (Fsp3) is 0.333. The molecule has 0 saturated heterocycles. The Kier molecular flexibility index (Phi) is 2.84. The summed E-state index contributed by atoms with van der Waals surface area (Å²) in [4.78, 5) is 14.9. The van der Waals surface area contributed by atoms with Gasteiger partial charge in [0.05, 0.1) is 6.61 Å². The lowest BCUT2D eigenvalue weighted by atomic mass is 10.2. The van der Waals surface area contributed by atoms with E-state index in [1.807, 2.05) is 0 Å². The van der Waals surface area contributed by atoms with Gasteiger partial charge in [0.1, 0.15) is 0 Å². The highest BCUT2D eigenvalue weighted by molar-refractivity contribution is 5.90. The van der Waals surface area contributed by atoms with Crippen molar-refractivity contribution in [3.05, 3.63) is 23.5 Å². The van der Waals surface area contributed by atoms with Crippen LogP contribution in [0.5, 0.6) is 5.75 Å². The van der Waals surface area contributed by atoms with Crippen molar-refractivity contribution in [3.8, 4) is 5.75 Å². The van der Waals surface area contributed by atoms with E-state index >= 15 is 0 Å². The summed E-state index contributed by atoms with van der Waals surface area (Å²) in [7, 11) is 0. The number of hydrogen-bond acceptors (Lipinski definition) is 4. The molecule has 13 heavy (non-hydrogen) atoms. The molecule has 0 aliphatic carbocycles. The molecule has 1 aromatic rings. The normalized spacial score (nSPS) is 9.69. The van der Waals surface area contributed by atoms with Gasteiger partial charge in [0, 0.05) is 6.20 Å². The summed E-state index contributed by atoms with van der Waals surface area (Å²) in [5, 5.41) is 9.43. The predicted octanol–water partition coefficient (Wildman–Crippen LogP) is 1.27. The molecule has 0 aliphatic rings. The predicted molar refractivity (Wildman–Crippen MR) is 46.6 cm³/mol. The number of hydrogen-bond donors (Lipinski definition) is 1. The molecular formula is C9H11NO3. The van der Waals surface area contributed by atoms with E-state index in [9.17, 15) is 9.90 Å². The highest BCUT2D eigenvalue weighted by atomic mass is 16.5. The summed E-state index contributed by atoms with van der Waals surface area (Å²) in [6.07, 6.45) is 1.46. The zero-order valence-corrected chi connectivity index (χ0v) is 7.57. The second kappa shape index (κ2) is 3.89. The maximum atomic E-state index is 11.2. The minimum atomic E-state index is -0.594. The molecule has 0 bridgehead atoms. The van der Waals surface area contributed by atoms with Crippen molar-refractivity contribution >= 4 is 5.97 Å². The van der Waals surface area contributed by atoms with Crippen molar-refractivity contribution < 1.29 is 14.6 Å². The monoisotopic (exact) mass is 181 g/mol. The number of aromatic nitrogens is 1. The van der Waals surface area contributed by atoms with E-state index in [2.05, 4.69) is 4.98 Å². The average Bonchev–Trinajstić information content (AvgIpc) is 2.10. The number of pyridine rings is 1. The molecule has 1 aromatic heterocycles. The van der Waals surface area contributed by atoms with Crippen LogP contribution in [0.15, 0.2) is 12.3 Å². The first-order chi connectivity index (χ1) is 6.16. The molecule has 0 fully saturated rings. The van der Waals surface area contributed by atoms with E-state index in [4.69, 9.17) is 4.74 Å². The zero-order valence-electron chi connectivity index (χ0n) is 7.57. The minimum Gasteiger partial charge on any atom is -0.505 e. The highest BCUT2D eigenvalue weighted by Gasteiger charge is 2.14. The van der Waals surface area contributed by atoms with Crippen LogP contribution < -0.4 is 0 Å². The van der Waals surface area contributed by atoms with Gasteiger partial charge in [0.25, 0.3) is 0 Å². The molecular weight excluding hydrogens is 170 g/mol. The third-order valence-corrected chi connectivity index (χ3v) is 1.59. The lowest BCUT2D eigenvalue weighted by Crippen LogP contribution is -2.07. The summed E-state index contributed by atoms with van der Waals surface area (Å²) in [6.45, 7) is 3.67. The number of ether oxygens (including phenoxy) is 1. The first kappa shape index (κ1) is 9.51. The SMILES string of the molecule is CCOC(=O)c1nccc(C)c1O. The Morgan fingerprint density at radius 2 is 2.38 bits per heavy atom.